The first-order valence-corrected chi connectivity index (χ1v) is 8.54. The molecule has 2 aromatic rings. The lowest BCUT2D eigenvalue weighted by atomic mass is 10.1. The van der Waals surface area contributed by atoms with Crippen molar-refractivity contribution in [2.45, 2.75) is 19.6 Å². The van der Waals surface area contributed by atoms with Gasteiger partial charge >= 0.3 is 12.0 Å². The van der Waals surface area contributed by atoms with Crippen molar-refractivity contribution in [2.75, 3.05) is 5.32 Å². The number of urea groups is 1. The van der Waals surface area contributed by atoms with Gasteiger partial charge in [0.25, 0.3) is 5.91 Å². The molecular formula is C18H14Cl2N2O5. The highest BCUT2D eigenvalue weighted by atomic mass is 35.5. The van der Waals surface area contributed by atoms with Crippen molar-refractivity contribution in [3.8, 4) is 5.75 Å². The van der Waals surface area contributed by atoms with E-state index in [1.165, 1.54) is 36.4 Å². The van der Waals surface area contributed by atoms with Crippen molar-refractivity contribution >= 4 is 46.8 Å². The number of hydrogen-bond donors (Lipinski definition) is 2. The fraction of sp³-hybridized carbons (Fsp3) is 0.167. The van der Waals surface area contributed by atoms with Crippen LogP contribution in [0.2, 0.25) is 10.0 Å². The molecule has 0 spiro atoms. The third kappa shape index (κ3) is 4.32. The molecule has 7 nitrogen and oxygen atoms in total. The maximum atomic E-state index is 12.2. The van der Waals surface area contributed by atoms with Crippen LogP contribution in [0.25, 0.3) is 0 Å². The number of halogens is 2. The molecule has 27 heavy (non-hydrogen) atoms. The van der Waals surface area contributed by atoms with Crippen LogP contribution in [0.4, 0.5) is 10.5 Å². The maximum Gasteiger partial charge on any atom is 0.345 e. The van der Waals surface area contributed by atoms with Gasteiger partial charge in [0.1, 0.15) is 11.3 Å². The zero-order valence-corrected chi connectivity index (χ0v) is 15.8. The number of amides is 3. The fourth-order valence-corrected chi connectivity index (χ4v) is 2.92. The Hall–Kier alpha value is -2.77. The molecule has 1 aliphatic rings. The quantitative estimate of drug-likeness (QED) is 0.724. The summed E-state index contributed by atoms with van der Waals surface area (Å²) >= 11 is 11.7. The molecule has 0 bridgehead atoms. The average Bonchev–Trinajstić information content (AvgIpc) is 2.52. The van der Waals surface area contributed by atoms with Gasteiger partial charge in [-0.3, -0.25) is 10.1 Å². The molecule has 0 saturated heterocycles. The summed E-state index contributed by atoms with van der Waals surface area (Å²) in [7, 11) is 0. The lowest BCUT2D eigenvalue weighted by Gasteiger charge is -2.31. The van der Waals surface area contributed by atoms with Gasteiger partial charge in [-0.05, 0) is 30.3 Å². The number of carbonyl (C=O) groups is 3. The van der Waals surface area contributed by atoms with Gasteiger partial charge in [0.2, 0.25) is 5.79 Å². The first-order chi connectivity index (χ1) is 12.6. The van der Waals surface area contributed by atoms with Gasteiger partial charge < -0.3 is 14.8 Å². The molecule has 0 unspecified atom stereocenters. The molecule has 0 fully saturated rings. The van der Waals surface area contributed by atoms with E-state index in [1.54, 1.807) is 13.8 Å². The lowest BCUT2D eigenvalue weighted by molar-refractivity contribution is -0.127. The van der Waals surface area contributed by atoms with E-state index >= 15 is 0 Å². The van der Waals surface area contributed by atoms with E-state index in [4.69, 9.17) is 32.7 Å². The van der Waals surface area contributed by atoms with E-state index in [0.717, 1.165) is 0 Å². The summed E-state index contributed by atoms with van der Waals surface area (Å²) in [5.41, 5.74) is 0.672. The number of nitrogens with one attached hydrogen (secondary N) is 2. The maximum absolute atomic E-state index is 12.2. The minimum Gasteiger partial charge on any atom is -0.452 e. The Kier molecular flexibility index (Phi) is 4.99. The van der Waals surface area contributed by atoms with Crippen LogP contribution in [-0.4, -0.2) is 23.7 Å². The molecule has 9 heteroatoms. The normalized spacial score (nSPS) is 14.4. The summed E-state index contributed by atoms with van der Waals surface area (Å²) in [4.78, 5) is 36.2. The van der Waals surface area contributed by atoms with Crippen LogP contribution in [0.15, 0.2) is 36.4 Å². The van der Waals surface area contributed by atoms with Gasteiger partial charge in [-0.15, -0.1) is 0 Å². The Labute approximate surface area is 164 Å². The van der Waals surface area contributed by atoms with Crippen molar-refractivity contribution in [1.82, 2.24) is 5.32 Å². The van der Waals surface area contributed by atoms with E-state index < -0.39 is 23.7 Å². The number of cyclic esters (lactones) is 1. The molecule has 2 N–H and O–H groups in total. The molecule has 3 amide bonds. The predicted molar refractivity (Wildman–Crippen MR) is 99.5 cm³/mol. The van der Waals surface area contributed by atoms with Crippen molar-refractivity contribution in [3.05, 3.63) is 57.6 Å². The standard InChI is InChI=1S/C18H14Cl2N2O5/c1-18(2)26-14-8-10(4-6-12(14)16(24)27-18)21-17(25)22-15(23)11-5-3-9(19)7-13(11)20/h3-8H,1-2H3,(H2,21,22,23,25). The number of rotatable bonds is 2. The summed E-state index contributed by atoms with van der Waals surface area (Å²) in [6.07, 6.45) is 0. The first-order valence-electron chi connectivity index (χ1n) is 7.78. The van der Waals surface area contributed by atoms with E-state index in [-0.39, 0.29) is 21.9 Å². The van der Waals surface area contributed by atoms with Crippen LogP contribution in [0.3, 0.4) is 0 Å². The Balaban J connectivity index is 1.71. The van der Waals surface area contributed by atoms with Gasteiger partial charge in [-0.1, -0.05) is 23.2 Å². The highest BCUT2D eigenvalue weighted by Crippen LogP contribution is 2.33. The first kappa shape index (κ1) is 19.0. The molecule has 0 aromatic heterocycles. The van der Waals surface area contributed by atoms with E-state index in [1.807, 2.05) is 0 Å². The number of carbonyl (C=O) groups excluding carboxylic acids is 3. The van der Waals surface area contributed by atoms with Crippen molar-refractivity contribution in [1.29, 1.82) is 0 Å². The van der Waals surface area contributed by atoms with Crippen LogP contribution in [0.1, 0.15) is 34.6 Å². The molecule has 0 atom stereocenters. The largest absolute Gasteiger partial charge is 0.452 e. The highest BCUT2D eigenvalue weighted by molar-refractivity contribution is 6.37. The van der Waals surface area contributed by atoms with Gasteiger partial charge in [0, 0.05) is 30.6 Å². The minimum atomic E-state index is -1.12. The van der Waals surface area contributed by atoms with E-state index in [0.29, 0.717) is 10.7 Å². The SMILES string of the molecule is CC1(C)OC(=O)c2ccc(NC(=O)NC(=O)c3ccc(Cl)cc3Cl)cc2O1. The zero-order chi connectivity index (χ0) is 19.8. The van der Waals surface area contributed by atoms with Gasteiger partial charge in [-0.2, -0.15) is 0 Å². The van der Waals surface area contributed by atoms with Crippen LogP contribution < -0.4 is 15.4 Å². The Morgan fingerprint density at radius 2 is 1.78 bits per heavy atom. The van der Waals surface area contributed by atoms with E-state index in [9.17, 15) is 14.4 Å². The summed E-state index contributed by atoms with van der Waals surface area (Å²) in [6, 6.07) is 7.94. The molecule has 140 valence electrons. The van der Waals surface area contributed by atoms with Crippen molar-refractivity contribution < 1.29 is 23.9 Å². The van der Waals surface area contributed by atoms with Gasteiger partial charge in [0.15, 0.2) is 0 Å². The summed E-state index contributed by atoms with van der Waals surface area (Å²) in [5.74, 6) is -2.06. The number of ether oxygens (including phenoxy) is 2. The van der Waals surface area contributed by atoms with Crippen LogP contribution in [0, 0.1) is 0 Å². The number of anilines is 1. The molecule has 0 saturated carbocycles. The second-order valence-corrected chi connectivity index (χ2v) is 6.98. The fourth-order valence-electron chi connectivity index (χ4n) is 2.42. The Morgan fingerprint density at radius 1 is 1.04 bits per heavy atom. The predicted octanol–water partition coefficient (Wildman–Crippen LogP) is 4.24. The monoisotopic (exact) mass is 408 g/mol. The second-order valence-electron chi connectivity index (χ2n) is 6.13. The number of fused-ring (bicyclic) bond motifs is 1. The average molecular weight is 409 g/mol. The molecular weight excluding hydrogens is 395 g/mol. The topological polar surface area (TPSA) is 93.7 Å². The van der Waals surface area contributed by atoms with Gasteiger partial charge in [-0.25, -0.2) is 9.59 Å². The summed E-state index contributed by atoms with van der Waals surface area (Å²) in [6.45, 7) is 3.18. The van der Waals surface area contributed by atoms with E-state index in [2.05, 4.69) is 10.6 Å². The number of benzene rings is 2. The Bertz CT molecular complexity index is 959. The van der Waals surface area contributed by atoms with Gasteiger partial charge in [0.05, 0.1) is 10.6 Å². The van der Waals surface area contributed by atoms with Crippen LogP contribution in [-0.2, 0) is 4.74 Å². The van der Waals surface area contributed by atoms with Crippen LogP contribution in [0.5, 0.6) is 5.75 Å². The third-order valence-electron chi connectivity index (χ3n) is 3.56. The minimum absolute atomic E-state index is 0.106. The lowest BCUT2D eigenvalue weighted by Crippen LogP contribution is -2.39. The number of hydrogen-bond acceptors (Lipinski definition) is 5. The summed E-state index contributed by atoms with van der Waals surface area (Å²) < 4.78 is 10.7. The zero-order valence-electron chi connectivity index (χ0n) is 14.3. The highest BCUT2D eigenvalue weighted by Gasteiger charge is 2.33. The Morgan fingerprint density at radius 3 is 2.48 bits per heavy atom. The molecule has 1 heterocycles. The summed E-state index contributed by atoms with van der Waals surface area (Å²) in [5, 5.41) is 5.15. The number of imide groups is 1. The third-order valence-corrected chi connectivity index (χ3v) is 4.10. The molecule has 0 radical (unpaired) electrons. The van der Waals surface area contributed by atoms with Crippen LogP contribution >= 0.6 is 23.2 Å². The molecule has 1 aliphatic heterocycles. The van der Waals surface area contributed by atoms with Crippen molar-refractivity contribution in [3.63, 3.8) is 0 Å². The molecule has 0 aliphatic carbocycles. The second kappa shape index (κ2) is 7.09. The van der Waals surface area contributed by atoms with Crippen molar-refractivity contribution in [2.24, 2.45) is 0 Å². The smallest absolute Gasteiger partial charge is 0.345 e. The molecule has 2 aromatic carbocycles. The number of esters is 1. The molecule has 3 rings (SSSR count).